The standard InChI is InChI=1S/C19H19FN2O4/c1-25-15-9-14(10-16(11-15)26-2)22-8-7-17(19(22)24)18(23)21-13-5-3-12(20)4-6-13/h3-6,9-11,17H,7-8H2,1-2H3,(H,21,23)/t17-/m0/s1. The van der Waals surface area contributed by atoms with Crippen LogP contribution in [-0.2, 0) is 9.59 Å². The van der Waals surface area contributed by atoms with Gasteiger partial charge in [-0.05, 0) is 30.7 Å². The molecule has 1 aliphatic rings. The maximum absolute atomic E-state index is 13.0. The Morgan fingerprint density at radius 1 is 1.12 bits per heavy atom. The van der Waals surface area contributed by atoms with Gasteiger partial charge in [-0.1, -0.05) is 0 Å². The summed E-state index contributed by atoms with van der Waals surface area (Å²) in [5.74, 6) is -0.757. The van der Waals surface area contributed by atoms with E-state index in [-0.39, 0.29) is 5.91 Å². The second kappa shape index (κ2) is 7.43. The summed E-state index contributed by atoms with van der Waals surface area (Å²) >= 11 is 0. The Balaban J connectivity index is 1.75. The topological polar surface area (TPSA) is 67.9 Å². The number of carbonyl (C=O) groups excluding carboxylic acids is 2. The molecule has 26 heavy (non-hydrogen) atoms. The van der Waals surface area contributed by atoms with Crippen LogP contribution in [0.1, 0.15) is 6.42 Å². The van der Waals surface area contributed by atoms with Gasteiger partial charge in [-0.2, -0.15) is 0 Å². The van der Waals surface area contributed by atoms with E-state index in [2.05, 4.69) is 5.32 Å². The van der Waals surface area contributed by atoms with Gasteiger partial charge in [0.15, 0.2) is 0 Å². The molecule has 2 aromatic rings. The molecular formula is C19H19FN2O4. The lowest BCUT2D eigenvalue weighted by molar-refractivity contribution is -0.129. The molecular weight excluding hydrogens is 339 g/mol. The van der Waals surface area contributed by atoms with Crippen molar-refractivity contribution in [3.8, 4) is 11.5 Å². The fourth-order valence-electron chi connectivity index (χ4n) is 2.89. The first-order valence-corrected chi connectivity index (χ1v) is 8.12. The zero-order valence-corrected chi connectivity index (χ0v) is 14.5. The number of halogens is 1. The molecule has 0 unspecified atom stereocenters. The smallest absolute Gasteiger partial charge is 0.239 e. The Bertz CT molecular complexity index is 801. The third kappa shape index (κ3) is 3.61. The largest absolute Gasteiger partial charge is 0.497 e. The summed E-state index contributed by atoms with van der Waals surface area (Å²) in [5, 5.41) is 2.66. The van der Waals surface area contributed by atoms with Gasteiger partial charge in [-0.3, -0.25) is 9.59 Å². The fourth-order valence-corrected chi connectivity index (χ4v) is 2.89. The maximum Gasteiger partial charge on any atom is 0.239 e. The van der Waals surface area contributed by atoms with Crippen molar-refractivity contribution in [2.24, 2.45) is 5.92 Å². The highest BCUT2D eigenvalue weighted by Gasteiger charge is 2.38. The summed E-state index contributed by atoms with van der Waals surface area (Å²) in [6.07, 6.45) is 0.394. The number of amides is 2. The van der Waals surface area contributed by atoms with Gasteiger partial charge in [0.1, 0.15) is 23.2 Å². The predicted molar refractivity (Wildman–Crippen MR) is 95.0 cm³/mol. The average Bonchev–Trinajstić information content (AvgIpc) is 3.04. The number of hydrogen-bond donors (Lipinski definition) is 1. The van der Waals surface area contributed by atoms with Crippen LogP contribution < -0.4 is 19.7 Å². The third-order valence-electron chi connectivity index (χ3n) is 4.28. The SMILES string of the molecule is COc1cc(OC)cc(N2CC[C@@H](C(=O)Nc3ccc(F)cc3)C2=O)c1. The molecule has 6 nitrogen and oxygen atoms in total. The van der Waals surface area contributed by atoms with E-state index in [0.717, 1.165) is 0 Å². The van der Waals surface area contributed by atoms with Crippen LogP contribution in [0.5, 0.6) is 11.5 Å². The molecule has 0 aromatic heterocycles. The van der Waals surface area contributed by atoms with Crippen LogP contribution in [-0.4, -0.2) is 32.6 Å². The van der Waals surface area contributed by atoms with E-state index in [1.807, 2.05) is 0 Å². The van der Waals surface area contributed by atoms with Crippen molar-refractivity contribution in [1.29, 1.82) is 0 Å². The van der Waals surface area contributed by atoms with E-state index in [1.165, 1.54) is 38.5 Å². The van der Waals surface area contributed by atoms with Crippen LogP contribution in [0.15, 0.2) is 42.5 Å². The Morgan fingerprint density at radius 2 is 1.73 bits per heavy atom. The number of hydrogen-bond acceptors (Lipinski definition) is 4. The van der Waals surface area contributed by atoms with Crippen molar-refractivity contribution in [2.45, 2.75) is 6.42 Å². The molecule has 0 spiro atoms. The number of nitrogens with one attached hydrogen (secondary N) is 1. The Kier molecular flexibility index (Phi) is 5.06. The number of rotatable bonds is 5. The number of carbonyl (C=O) groups is 2. The quantitative estimate of drug-likeness (QED) is 0.835. The first-order valence-electron chi connectivity index (χ1n) is 8.12. The van der Waals surface area contributed by atoms with Crippen molar-refractivity contribution in [3.63, 3.8) is 0 Å². The van der Waals surface area contributed by atoms with Gasteiger partial charge in [0.25, 0.3) is 0 Å². The van der Waals surface area contributed by atoms with Gasteiger partial charge < -0.3 is 19.7 Å². The molecule has 1 atom stereocenters. The lowest BCUT2D eigenvalue weighted by atomic mass is 10.1. The van der Waals surface area contributed by atoms with E-state index in [9.17, 15) is 14.0 Å². The van der Waals surface area contributed by atoms with E-state index < -0.39 is 17.6 Å². The molecule has 1 heterocycles. The summed E-state index contributed by atoms with van der Waals surface area (Å²) in [6.45, 7) is 0.413. The highest BCUT2D eigenvalue weighted by atomic mass is 19.1. The van der Waals surface area contributed by atoms with Gasteiger partial charge in [-0.25, -0.2) is 4.39 Å². The summed E-state index contributed by atoms with van der Waals surface area (Å²) in [4.78, 5) is 26.7. The molecule has 0 radical (unpaired) electrons. The fraction of sp³-hybridized carbons (Fsp3) is 0.263. The molecule has 0 aliphatic carbocycles. The van der Waals surface area contributed by atoms with Crippen molar-refractivity contribution in [3.05, 3.63) is 48.3 Å². The summed E-state index contributed by atoms with van der Waals surface area (Å²) in [6, 6.07) is 10.6. The van der Waals surface area contributed by atoms with Crippen molar-refractivity contribution in [1.82, 2.24) is 0 Å². The minimum Gasteiger partial charge on any atom is -0.497 e. The number of ether oxygens (including phenoxy) is 2. The van der Waals surface area contributed by atoms with E-state index in [1.54, 1.807) is 23.1 Å². The normalized spacial score (nSPS) is 16.5. The first-order chi connectivity index (χ1) is 12.5. The monoisotopic (exact) mass is 358 g/mol. The minimum atomic E-state index is -0.794. The second-order valence-corrected chi connectivity index (χ2v) is 5.90. The lowest BCUT2D eigenvalue weighted by Crippen LogP contribution is -2.33. The van der Waals surface area contributed by atoms with Gasteiger partial charge in [0.2, 0.25) is 11.8 Å². The molecule has 7 heteroatoms. The Hall–Kier alpha value is -3.09. The number of nitrogens with zero attached hydrogens (tertiary/aromatic N) is 1. The van der Waals surface area contributed by atoms with Gasteiger partial charge in [-0.15, -0.1) is 0 Å². The van der Waals surface area contributed by atoms with Crippen LogP contribution in [0, 0.1) is 11.7 Å². The average molecular weight is 358 g/mol. The van der Waals surface area contributed by atoms with Crippen LogP contribution in [0.25, 0.3) is 0 Å². The zero-order chi connectivity index (χ0) is 18.7. The maximum atomic E-state index is 13.0. The highest BCUT2D eigenvalue weighted by molar-refractivity contribution is 6.13. The number of benzene rings is 2. The van der Waals surface area contributed by atoms with Crippen LogP contribution in [0.2, 0.25) is 0 Å². The Morgan fingerprint density at radius 3 is 2.31 bits per heavy atom. The lowest BCUT2D eigenvalue weighted by Gasteiger charge is -2.18. The second-order valence-electron chi connectivity index (χ2n) is 5.90. The number of methoxy groups -OCH3 is 2. The zero-order valence-electron chi connectivity index (χ0n) is 14.5. The predicted octanol–water partition coefficient (Wildman–Crippen LogP) is 2.83. The number of anilines is 2. The minimum absolute atomic E-state index is 0.292. The van der Waals surface area contributed by atoms with Crippen molar-refractivity contribution in [2.75, 3.05) is 31.0 Å². The molecule has 1 aliphatic heterocycles. The molecule has 1 saturated heterocycles. The Labute approximate surface area is 150 Å². The molecule has 3 rings (SSSR count). The van der Waals surface area contributed by atoms with E-state index >= 15 is 0 Å². The third-order valence-corrected chi connectivity index (χ3v) is 4.28. The first kappa shape index (κ1) is 17.7. The molecule has 2 aromatic carbocycles. The van der Waals surface area contributed by atoms with E-state index in [4.69, 9.17) is 9.47 Å². The van der Waals surface area contributed by atoms with E-state index in [0.29, 0.717) is 35.8 Å². The molecule has 136 valence electrons. The van der Waals surface area contributed by atoms with Crippen LogP contribution >= 0.6 is 0 Å². The summed E-state index contributed by atoms with van der Waals surface area (Å²) < 4.78 is 23.4. The van der Waals surface area contributed by atoms with Gasteiger partial charge in [0.05, 0.1) is 19.9 Å². The summed E-state index contributed by atoms with van der Waals surface area (Å²) in [5.41, 5.74) is 1.06. The summed E-state index contributed by atoms with van der Waals surface area (Å²) in [7, 11) is 3.06. The van der Waals surface area contributed by atoms with Gasteiger partial charge in [0, 0.05) is 30.4 Å². The molecule has 1 N–H and O–H groups in total. The van der Waals surface area contributed by atoms with Crippen LogP contribution in [0.3, 0.4) is 0 Å². The molecule has 1 fully saturated rings. The van der Waals surface area contributed by atoms with Gasteiger partial charge >= 0.3 is 0 Å². The van der Waals surface area contributed by atoms with Crippen molar-refractivity contribution >= 4 is 23.2 Å². The highest BCUT2D eigenvalue weighted by Crippen LogP contribution is 2.32. The van der Waals surface area contributed by atoms with Crippen molar-refractivity contribution < 1.29 is 23.5 Å². The molecule has 0 bridgehead atoms. The van der Waals surface area contributed by atoms with Crippen LogP contribution in [0.4, 0.5) is 15.8 Å². The molecule has 0 saturated carbocycles. The molecule has 2 amide bonds.